The summed E-state index contributed by atoms with van der Waals surface area (Å²) < 4.78 is 34.4. The van der Waals surface area contributed by atoms with Crippen molar-refractivity contribution in [2.45, 2.75) is 4.90 Å². The number of amides is 1. The van der Waals surface area contributed by atoms with E-state index in [0.29, 0.717) is 42.6 Å². The van der Waals surface area contributed by atoms with Crippen LogP contribution in [0.1, 0.15) is 0 Å². The van der Waals surface area contributed by atoms with E-state index in [4.69, 9.17) is 14.6 Å². The van der Waals surface area contributed by atoms with Crippen LogP contribution in [0.15, 0.2) is 59.6 Å². The Morgan fingerprint density at radius 2 is 1.89 bits per heavy atom. The lowest BCUT2D eigenvalue weighted by atomic mass is 10.1. The number of nitrogens with zero attached hydrogens (tertiary/aromatic N) is 4. The van der Waals surface area contributed by atoms with Gasteiger partial charge >= 0.3 is 0 Å². The average Bonchev–Trinajstić information content (AvgIpc) is 2.88. The minimum atomic E-state index is -3.83. The van der Waals surface area contributed by atoms with E-state index >= 15 is 0 Å². The highest BCUT2D eigenvalue weighted by molar-refractivity contribution is 7.89. The quantitative estimate of drug-likeness (QED) is 0.485. The fourth-order valence-corrected chi connectivity index (χ4v) is 4.69. The van der Waals surface area contributed by atoms with Gasteiger partial charge in [-0.1, -0.05) is 6.07 Å². The largest absolute Gasteiger partial charge is 0.482 e. The molecule has 0 bridgehead atoms. The minimum Gasteiger partial charge on any atom is -0.482 e. The highest BCUT2D eigenvalue weighted by atomic mass is 32.2. The van der Waals surface area contributed by atoms with Crippen molar-refractivity contribution in [1.29, 1.82) is 0 Å². The zero-order valence-electron chi connectivity index (χ0n) is 19.5. The van der Waals surface area contributed by atoms with Crippen molar-refractivity contribution in [2.75, 3.05) is 56.2 Å². The summed E-state index contributed by atoms with van der Waals surface area (Å²) in [5, 5.41) is 8.24. The molecule has 0 unspecified atom stereocenters. The number of sulfonamides is 1. The number of anilines is 3. The van der Waals surface area contributed by atoms with Crippen LogP contribution in [-0.4, -0.2) is 75.2 Å². The molecular weight excluding hydrogens is 484 g/mol. The van der Waals surface area contributed by atoms with Crippen molar-refractivity contribution >= 4 is 33.3 Å². The third-order valence-electron chi connectivity index (χ3n) is 6.02. The Balaban J connectivity index is 1.38. The number of nitrogens with two attached hydrogens (primary N) is 1. The highest BCUT2D eigenvalue weighted by Gasteiger charge is 2.27. The smallest absolute Gasteiger partial charge is 0.265 e. The van der Waals surface area contributed by atoms with Crippen LogP contribution < -0.4 is 20.1 Å². The summed E-state index contributed by atoms with van der Waals surface area (Å²) in [6.45, 7) is 4.41. The number of rotatable bonds is 7. The summed E-state index contributed by atoms with van der Waals surface area (Å²) in [4.78, 5) is 25.5. The average molecular weight is 511 g/mol. The molecule has 1 fully saturated rings. The van der Waals surface area contributed by atoms with Gasteiger partial charge < -0.3 is 19.7 Å². The number of fused-ring (bicyclic) bond motifs is 1. The van der Waals surface area contributed by atoms with Gasteiger partial charge in [0.1, 0.15) is 5.75 Å². The van der Waals surface area contributed by atoms with Crippen LogP contribution in [-0.2, 0) is 19.6 Å². The normalized spacial score (nSPS) is 16.4. The van der Waals surface area contributed by atoms with E-state index in [2.05, 4.69) is 20.2 Å². The number of ether oxygens (including phenoxy) is 2. The number of benzene rings is 2. The molecule has 2 aliphatic rings. The molecule has 3 aromatic rings. The van der Waals surface area contributed by atoms with Crippen LogP contribution in [0.5, 0.6) is 5.75 Å². The summed E-state index contributed by atoms with van der Waals surface area (Å²) in [6, 6.07) is 13.5. The molecule has 2 aliphatic heterocycles. The molecule has 36 heavy (non-hydrogen) atoms. The molecule has 3 heterocycles. The Bertz CT molecular complexity index is 1380. The number of carbonyl (C=O) groups is 1. The predicted octanol–water partition coefficient (Wildman–Crippen LogP) is 1.59. The monoisotopic (exact) mass is 510 g/mol. The molecule has 0 atom stereocenters. The van der Waals surface area contributed by atoms with Gasteiger partial charge in [-0.05, 0) is 42.5 Å². The van der Waals surface area contributed by atoms with Crippen molar-refractivity contribution in [2.24, 2.45) is 5.14 Å². The Morgan fingerprint density at radius 1 is 1.06 bits per heavy atom. The lowest BCUT2D eigenvalue weighted by Crippen LogP contribution is -2.45. The summed E-state index contributed by atoms with van der Waals surface area (Å²) in [5.74, 6) is 0.841. The topological polar surface area (TPSA) is 140 Å². The van der Waals surface area contributed by atoms with Crippen molar-refractivity contribution in [3.05, 3.63) is 54.7 Å². The molecule has 0 aliphatic carbocycles. The number of aromatic nitrogens is 2. The van der Waals surface area contributed by atoms with Gasteiger partial charge in [-0.15, -0.1) is 0 Å². The second-order valence-corrected chi connectivity index (χ2v) is 10.00. The summed E-state index contributed by atoms with van der Waals surface area (Å²) in [6.07, 6.45) is 1.60. The maximum Gasteiger partial charge on any atom is 0.265 e. The molecule has 1 aromatic heterocycles. The van der Waals surface area contributed by atoms with E-state index in [1.807, 2.05) is 18.2 Å². The molecule has 12 heteroatoms. The van der Waals surface area contributed by atoms with E-state index in [-0.39, 0.29) is 23.4 Å². The Kier molecular flexibility index (Phi) is 6.83. The van der Waals surface area contributed by atoms with Crippen LogP contribution in [0.25, 0.3) is 11.3 Å². The summed E-state index contributed by atoms with van der Waals surface area (Å²) in [5.41, 5.74) is 2.60. The summed E-state index contributed by atoms with van der Waals surface area (Å²) in [7, 11) is -3.83. The first-order valence-corrected chi connectivity index (χ1v) is 13.0. The lowest BCUT2D eigenvalue weighted by Gasteiger charge is -2.33. The molecule has 0 spiro atoms. The highest BCUT2D eigenvalue weighted by Crippen LogP contribution is 2.36. The van der Waals surface area contributed by atoms with Crippen LogP contribution in [0, 0.1) is 0 Å². The molecular formula is C24H26N6O5S. The maximum absolute atomic E-state index is 12.7. The van der Waals surface area contributed by atoms with Gasteiger partial charge in [-0.3, -0.25) is 9.69 Å². The molecule has 3 N–H and O–H groups in total. The van der Waals surface area contributed by atoms with Crippen LogP contribution in [0.2, 0.25) is 0 Å². The SMILES string of the molecule is NS(=O)(=O)c1cccc(Nc2nccc(-c3ccc4c(c3)N(CCN3CCOCC3)C(=O)CO4)n2)c1. The first-order valence-electron chi connectivity index (χ1n) is 11.5. The van der Waals surface area contributed by atoms with E-state index in [9.17, 15) is 13.2 Å². The van der Waals surface area contributed by atoms with Crippen LogP contribution in [0.3, 0.4) is 0 Å². The molecule has 0 radical (unpaired) electrons. The predicted molar refractivity (Wildman–Crippen MR) is 134 cm³/mol. The maximum atomic E-state index is 12.7. The molecule has 188 valence electrons. The van der Waals surface area contributed by atoms with Crippen molar-refractivity contribution in [3.8, 4) is 17.0 Å². The first-order chi connectivity index (χ1) is 17.4. The van der Waals surface area contributed by atoms with E-state index < -0.39 is 10.0 Å². The van der Waals surface area contributed by atoms with Crippen LogP contribution in [0.4, 0.5) is 17.3 Å². The number of primary sulfonamides is 1. The number of morpholine rings is 1. The molecule has 1 amide bonds. The zero-order valence-corrected chi connectivity index (χ0v) is 20.3. The van der Waals surface area contributed by atoms with Crippen molar-refractivity contribution in [3.63, 3.8) is 0 Å². The van der Waals surface area contributed by atoms with Gasteiger partial charge in [-0.25, -0.2) is 23.5 Å². The number of hydrogen-bond donors (Lipinski definition) is 2. The van der Waals surface area contributed by atoms with Gasteiger partial charge in [0.25, 0.3) is 5.91 Å². The summed E-state index contributed by atoms with van der Waals surface area (Å²) >= 11 is 0. The van der Waals surface area contributed by atoms with Gasteiger partial charge in [0.05, 0.1) is 29.5 Å². The minimum absolute atomic E-state index is 0.00855. The Hall–Kier alpha value is -3.58. The molecule has 11 nitrogen and oxygen atoms in total. The zero-order chi connectivity index (χ0) is 25.1. The fraction of sp³-hybridized carbons (Fsp3) is 0.292. The molecule has 5 rings (SSSR count). The third-order valence-corrected chi connectivity index (χ3v) is 6.93. The second kappa shape index (κ2) is 10.2. The van der Waals surface area contributed by atoms with Gasteiger partial charge in [0, 0.05) is 43.6 Å². The van der Waals surface area contributed by atoms with Crippen LogP contribution >= 0.6 is 0 Å². The standard InChI is InChI=1S/C24H26N6O5S/c25-36(32,33)19-3-1-2-18(15-19)27-24-26-7-6-20(28-24)17-4-5-22-21(14-17)30(23(31)16-35-22)9-8-29-10-12-34-13-11-29/h1-7,14-15H,8-13,16H2,(H2,25,32,33)(H,26,27,28). The van der Waals surface area contributed by atoms with E-state index in [0.717, 1.165) is 25.2 Å². The van der Waals surface area contributed by atoms with E-state index in [1.54, 1.807) is 29.3 Å². The number of nitrogens with one attached hydrogen (secondary N) is 1. The molecule has 0 saturated carbocycles. The Labute approximate surface area is 208 Å². The lowest BCUT2D eigenvalue weighted by molar-refractivity contribution is -0.121. The third kappa shape index (κ3) is 5.46. The van der Waals surface area contributed by atoms with Crippen molar-refractivity contribution in [1.82, 2.24) is 14.9 Å². The fourth-order valence-electron chi connectivity index (χ4n) is 4.13. The van der Waals surface area contributed by atoms with Gasteiger partial charge in [0.2, 0.25) is 16.0 Å². The first kappa shape index (κ1) is 24.1. The number of hydrogen-bond acceptors (Lipinski definition) is 9. The molecule has 1 saturated heterocycles. The molecule has 2 aromatic carbocycles. The van der Waals surface area contributed by atoms with Crippen molar-refractivity contribution < 1.29 is 22.7 Å². The Morgan fingerprint density at radius 3 is 2.69 bits per heavy atom. The number of carbonyl (C=O) groups excluding carboxylic acids is 1. The van der Waals surface area contributed by atoms with Gasteiger partial charge in [-0.2, -0.15) is 0 Å². The van der Waals surface area contributed by atoms with E-state index in [1.165, 1.54) is 12.1 Å². The second-order valence-electron chi connectivity index (χ2n) is 8.43. The van der Waals surface area contributed by atoms with Gasteiger partial charge in [0.15, 0.2) is 6.61 Å².